The van der Waals surface area contributed by atoms with Crippen LogP contribution in [-0.2, 0) is 0 Å². The molecule has 1 heterocycles. The molecule has 0 bridgehead atoms. The quantitative estimate of drug-likeness (QED) is 0.473. The summed E-state index contributed by atoms with van der Waals surface area (Å²) in [6.07, 6.45) is 5.07. The number of allylic oxidation sites excluding steroid dienone is 2. The maximum absolute atomic E-state index is 11.5. The molecular weight excluding hydrogens is 340 g/mol. The Morgan fingerprint density at radius 1 is 1.24 bits per heavy atom. The first-order chi connectivity index (χ1) is 12.1. The number of rotatable bonds is 3. The number of nitro groups is 1. The van der Waals surface area contributed by atoms with E-state index in [4.69, 9.17) is 16.3 Å². The highest BCUT2D eigenvalue weighted by molar-refractivity contribution is 6.30. The van der Waals surface area contributed by atoms with Crippen LogP contribution in [0.4, 0.5) is 11.4 Å². The minimum Gasteiger partial charge on any atom is -0.495 e. The summed E-state index contributed by atoms with van der Waals surface area (Å²) in [5.74, 6) is 0.838. The van der Waals surface area contributed by atoms with Gasteiger partial charge >= 0.3 is 0 Å². The van der Waals surface area contributed by atoms with Crippen LogP contribution in [0.1, 0.15) is 29.5 Å². The molecule has 2 aromatic rings. The van der Waals surface area contributed by atoms with Crippen LogP contribution in [0.5, 0.6) is 5.75 Å². The molecule has 0 aromatic heterocycles. The molecule has 0 amide bonds. The van der Waals surface area contributed by atoms with E-state index in [0.717, 1.165) is 12.0 Å². The molecule has 5 nitrogen and oxygen atoms in total. The van der Waals surface area contributed by atoms with Crippen LogP contribution in [0.25, 0.3) is 0 Å². The second-order valence-electron chi connectivity index (χ2n) is 6.36. The van der Waals surface area contributed by atoms with Crippen LogP contribution in [-0.4, -0.2) is 12.0 Å². The molecule has 6 heteroatoms. The molecule has 3 atom stereocenters. The van der Waals surface area contributed by atoms with Gasteiger partial charge in [0.2, 0.25) is 0 Å². The normalized spacial score (nSPS) is 23.5. The monoisotopic (exact) mass is 356 g/mol. The first kappa shape index (κ1) is 16.0. The molecule has 2 aromatic carbocycles. The van der Waals surface area contributed by atoms with Crippen LogP contribution >= 0.6 is 11.6 Å². The zero-order valence-electron chi connectivity index (χ0n) is 13.6. The lowest BCUT2D eigenvalue weighted by Gasteiger charge is -2.37. The molecule has 0 fully saturated rings. The lowest BCUT2D eigenvalue weighted by molar-refractivity contribution is -0.385. The van der Waals surface area contributed by atoms with E-state index in [2.05, 4.69) is 17.5 Å². The van der Waals surface area contributed by atoms with Gasteiger partial charge in [0.25, 0.3) is 5.69 Å². The Balaban J connectivity index is 1.87. The number of fused-ring (bicyclic) bond motifs is 3. The Morgan fingerprint density at radius 3 is 2.68 bits per heavy atom. The van der Waals surface area contributed by atoms with Crippen molar-refractivity contribution in [1.82, 2.24) is 0 Å². The van der Waals surface area contributed by atoms with E-state index in [9.17, 15) is 10.1 Å². The van der Waals surface area contributed by atoms with Crippen molar-refractivity contribution in [3.8, 4) is 5.75 Å². The molecule has 1 aliphatic carbocycles. The number of ether oxygens (including phenoxy) is 1. The lowest BCUT2D eigenvalue weighted by Crippen LogP contribution is -2.30. The Morgan fingerprint density at radius 2 is 2.00 bits per heavy atom. The van der Waals surface area contributed by atoms with Gasteiger partial charge in [0.05, 0.1) is 29.3 Å². The standard InChI is InChI=1S/C19H17ClN2O3/c1-25-16-10-9-15(22(23)24)17-13-3-2-4-14(13)18(21-19(16)17)11-5-7-12(20)8-6-11/h2-3,5-10,13-14,18,21H,4H2,1H3/t13-,14+,18+/m0/s1. The number of nitrogens with zero attached hydrogens (tertiary/aromatic N) is 1. The van der Waals surface area contributed by atoms with E-state index >= 15 is 0 Å². The zero-order chi connectivity index (χ0) is 17.6. The zero-order valence-corrected chi connectivity index (χ0v) is 14.4. The second-order valence-corrected chi connectivity index (χ2v) is 6.80. The third kappa shape index (κ3) is 2.55. The van der Waals surface area contributed by atoms with Gasteiger partial charge in [-0.1, -0.05) is 35.9 Å². The fourth-order valence-electron chi connectivity index (χ4n) is 3.99. The summed E-state index contributed by atoms with van der Waals surface area (Å²) in [4.78, 5) is 11.2. The predicted octanol–water partition coefficient (Wildman–Crippen LogP) is 5.08. The van der Waals surface area contributed by atoms with Gasteiger partial charge in [0, 0.05) is 17.0 Å². The molecule has 2 aliphatic rings. The number of nitro benzene ring substituents is 1. The van der Waals surface area contributed by atoms with Crippen LogP contribution in [0, 0.1) is 16.0 Å². The first-order valence-corrected chi connectivity index (χ1v) is 8.52. The summed E-state index contributed by atoms with van der Waals surface area (Å²) >= 11 is 6.02. The molecule has 4 rings (SSSR count). The number of halogens is 1. The highest BCUT2D eigenvalue weighted by Crippen LogP contribution is 2.54. The summed E-state index contributed by atoms with van der Waals surface area (Å²) in [7, 11) is 1.58. The first-order valence-electron chi connectivity index (χ1n) is 8.14. The molecule has 0 saturated heterocycles. The fraction of sp³-hybridized carbons (Fsp3) is 0.263. The van der Waals surface area contributed by atoms with Crippen LogP contribution in [0.15, 0.2) is 48.6 Å². The Hall–Kier alpha value is -2.53. The van der Waals surface area contributed by atoms with Crippen LogP contribution in [0.3, 0.4) is 0 Å². The summed E-state index contributed by atoms with van der Waals surface area (Å²) in [5, 5.41) is 15.7. The lowest BCUT2D eigenvalue weighted by atomic mass is 9.76. The van der Waals surface area contributed by atoms with Crippen molar-refractivity contribution >= 4 is 23.0 Å². The van der Waals surface area contributed by atoms with Gasteiger partial charge in [-0.05, 0) is 36.1 Å². The van der Waals surface area contributed by atoms with E-state index in [0.29, 0.717) is 22.0 Å². The van der Waals surface area contributed by atoms with Gasteiger partial charge in [-0.3, -0.25) is 10.1 Å². The molecule has 0 unspecified atom stereocenters. The Kier molecular flexibility index (Phi) is 3.88. The van der Waals surface area contributed by atoms with Gasteiger partial charge in [-0.2, -0.15) is 0 Å². The van der Waals surface area contributed by atoms with Crippen molar-refractivity contribution in [1.29, 1.82) is 0 Å². The molecule has 128 valence electrons. The topological polar surface area (TPSA) is 64.4 Å². The third-order valence-corrected chi connectivity index (χ3v) is 5.36. The van der Waals surface area contributed by atoms with Crippen molar-refractivity contribution < 1.29 is 9.66 Å². The van der Waals surface area contributed by atoms with Crippen molar-refractivity contribution in [3.63, 3.8) is 0 Å². The average Bonchev–Trinajstić information content (AvgIpc) is 3.10. The smallest absolute Gasteiger partial charge is 0.275 e. The number of hydrogen-bond acceptors (Lipinski definition) is 4. The SMILES string of the molecule is COc1ccc([N+](=O)[O-])c2c1N[C@H](c1ccc(Cl)cc1)[C@@H]1CC=C[C@H]21. The number of hydrogen-bond donors (Lipinski definition) is 1. The van der Waals surface area contributed by atoms with E-state index in [1.54, 1.807) is 13.2 Å². The minimum absolute atomic E-state index is 0.00701. The fourth-order valence-corrected chi connectivity index (χ4v) is 4.12. The number of benzene rings is 2. The molecule has 0 saturated carbocycles. The molecule has 0 radical (unpaired) electrons. The second kappa shape index (κ2) is 6.08. The van der Waals surface area contributed by atoms with Gasteiger partial charge in [-0.25, -0.2) is 0 Å². The third-order valence-electron chi connectivity index (χ3n) is 5.10. The Bertz CT molecular complexity index is 864. The Labute approximate surface area is 150 Å². The van der Waals surface area contributed by atoms with Crippen molar-refractivity contribution in [2.24, 2.45) is 5.92 Å². The maximum Gasteiger partial charge on any atom is 0.275 e. The molecule has 0 spiro atoms. The minimum atomic E-state index is -0.314. The van der Waals surface area contributed by atoms with Crippen molar-refractivity contribution in [2.75, 3.05) is 12.4 Å². The van der Waals surface area contributed by atoms with E-state index in [1.165, 1.54) is 6.07 Å². The van der Waals surface area contributed by atoms with Crippen molar-refractivity contribution in [2.45, 2.75) is 18.4 Å². The summed E-state index contributed by atoms with van der Waals surface area (Å²) < 4.78 is 5.47. The summed E-state index contributed by atoms with van der Waals surface area (Å²) in [5.41, 5.74) is 2.68. The summed E-state index contributed by atoms with van der Waals surface area (Å²) in [6.45, 7) is 0. The number of methoxy groups -OCH3 is 1. The molecular formula is C19H17ClN2O3. The van der Waals surface area contributed by atoms with Crippen molar-refractivity contribution in [3.05, 3.63) is 74.8 Å². The van der Waals surface area contributed by atoms with E-state index in [1.807, 2.05) is 24.3 Å². The van der Waals surface area contributed by atoms with Gasteiger partial charge in [0.15, 0.2) is 0 Å². The average molecular weight is 357 g/mol. The highest BCUT2D eigenvalue weighted by atomic mass is 35.5. The predicted molar refractivity (Wildman–Crippen MR) is 97.5 cm³/mol. The molecule has 1 aliphatic heterocycles. The number of nitrogens with one attached hydrogen (secondary N) is 1. The molecule has 25 heavy (non-hydrogen) atoms. The van der Waals surface area contributed by atoms with Crippen LogP contribution < -0.4 is 10.1 Å². The van der Waals surface area contributed by atoms with E-state index in [-0.39, 0.29) is 28.5 Å². The number of anilines is 1. The largest absolute Gasteiger partial charge is 0.495 e. The van der Waals surface area contributed by atoms with Gasteiger partial charge < -0.3 is 10.1 Å². The molecule has 1 N–H and O–H groups in total. The van der Waals surface area contributed by atoms with E-state index < -0.39 is 0 Å². The van der Waals surface area contributed by atoms with Crippen LogP contribution in [0.2, 0.25) is 5.02 Å². The summed E-state index contributed by atoms with van der Waals surface area (Å²) in [6, 6.07) is 11.0. The van der Waals surface area contributed by atoms with Gasteiger partial charge in [-0.15, -0.1) is 0 Å². The van der Waals surface area contributed by atoms with Gasteiger partial charge in [0.1, 0.15) is 5.75 Å². The maximum atomic E-state index is 11.5. The highest BCUT2D eigenvalue weighted by Gasteiger charge is 2.42.